The summed E-state index contributed by atoms with van der Waals surface area (Å²) in [6.07, 6.45) is 0. The van der Waals surface area contributed by atoms with Gasteiger partial charge >= 0.3 is 0 Å². The van der Waals surface area contributed by atoms with Gasteiger partial charge in [-0.3, -0.25) is 14.4 Å². The van der Waals surface area contributed by atoms with E-state index in [0.29, 0.717) is 22.6 Å². The Hall–Kier alpha value is -4.53. The molecule has 1 amide bonds. The number of rotatable bonds is 4. The lowest BCUT2D eigenvalue weighted by Gasteiger charge is -2.10. The van der Waals surface area contributed by atoms with Gasteiger partial charge in [0.2, 0.25) is 0 Å². The van der Waals surface area contributed by atoms with Gasteiger partial charge in [0.25, 0.3) is 17.0 Å². The Morgan fingerprint density at radius 2 is 1.84 bits per heavy atom. The highest BCUT2D eigenvalue weighted by atomic mass is 16.3. The maximum absolute atomic E-state index is 12.8. The number of aryl methyl sites for hydroxylation is 1. The molecular weight excluding hydrogens is 398 g/mol. The number of nitrogens with one attached hydrogen (secondary N) is 2. The Morgan fingerprint density at radius 1 is 1.03 bits per heavy atom. The Labute approximate surface area is 175 Å². The lowest BCUT2D eigenvalue weighted by Crippen LogP contribution is -2.25. The summed E-state index contributed by atoms with van der Waals surface area (Å²) in [6.45, 7) is 1.87. The third-order valence-corrected chi connectivity index (χ3v) is 4.47. The zero-order valence-corrected chi connectivity index (χ0v) is 16.4. The largest absolute Gasteiger partial charge is 0.505 e. The molecule has 154 valence electrons. The van der Waals surface area contributed by atoms with Gasteiger partial charge in [-0.25, -0.2) is 5.10 Å². The minimum absolute atomic E-state index is 0.298. The predicted octanol–water partition coefficient (Wildman–Crippen LogP) is 2.25. The molecule has 0 radical (unpaired) electrons. The molecule has 0 fully saturated rings. The van der Waals surface area contributed by atoms with E-state index >= 15 is 0 Å². The summed E-state index contributed by atoms with van der Waals surface area (Å²) in [5.74, 6) is -1.21. The summed E-state index contributed by atoms with van der Waals surface area (Å²) in [5, 5.41) is 23.2. The number of benzene rings is 2. The predicted molar refractivity (Wildman–Crippen MR) is 114 cm³/mol. The number of carbonyl (C=O) groups excluding carboxylic acids is 1. The van der Waals surface area contributed by atoms with Gasteiger partial charge in [0.1, 0.15) is 0 Å². The molecule has 9 heteroatoms. The van der Waals surface area contributed by atoms with Crippen LogP contribution in [0, 0.1) is 6.92 Å². The second kappa shape index (κ2) is 8.07. The molecule has 0 saturated heterocycles. The topological polar surface area (TPSA) is 130 Å². The average Bonchev–Trinajstić information content (AvgIpc) is 2.74. The standard InChI is InChI=1S/C22H17N5O4/c1-13-4-2-7-16(10-13)27-20(30)12-18(28)21(26-27)22(31)23-15-6-3-5-14(11-15)17-8-9-19(29)25-24-17/h2-12,28H,1H3,(H,23,31)(H,25,29). The molecule has 3 N–H and O–H groups in total. The third kappa shape index (κ3) is 4.25. The highest BCUT2D eigenvalue weighted by Gasteiger charge is 2.17. The molecule has 4 aromatic rings. The summed E-state index contributed by atoms with van der Waals surface area (Å²) in [7, 11) is 0. The van der Waals surface area contributed by atoms with Crippen molar-refractivity contribution in [3.05, 3.63) is 98.7 Å². The van der Waals surface area contributed by atoms with E-state index in [4.69, 9.17) is 0 Å². The van der Waals surface area contributed by atoms with Crippen LogP contribution in [0.2, 0.25) is 0 Å². The molecule has 0 atom stereocenters. The fraction of sp³-hybridized carbons (Fsp3) is 0.0455. The van der Waals surface area contributed by atoms with E-state index in [1.807, 2.05) is 13.0 Å². The van der Waals surface area contributed by atoms with Crippen molar-refractivity contribution in [1.29, 1.82) is 0 Å². The van der Waals surface area contributed by atoms with Crippen LogP contribution < -0.4 is 16.4 Å². The number of nitrogens with zero attached hydrogens (tertiary/aromatic N) is 3. The SMILES string of the molecule is Cc1cccc(-n2nc(C(=O)Nc3cccc(-c4ccc(=O)[nH]n4)c3)c(O)cc2=O)c1. The molecule has 2 heterocycles. The molecule has 9 nitrogen and oxygen atoms in total. The Kier molecular flexibility index (Phi) is 5.15. The molecule has 0 saturated carbocycles. The number of anilines is 1. The van der Waals surface area contributed by atoms with Crippen molar-refractivity contribution in [2.75, 3.05) is 5.32 Å². The van der Waals surface area contributed by atoms with Gasteiger partial charge in [0.15, 0.2) is 11.4 Å². The third-order valence-electron chi connectivity index (χ3n) is 4.47. The van der Waals surface area contributed by atoms with Gasteiger partial charge in [-0.05, 0) is 42.8 Å². The van der Waals surface area contributed by atoms with Gasteiger partial charge in [0.05, 0.1) is 11.4 Å². The molecule has 31 heavy (non-hydrogen) atoms. The molecule has 4 rings (SSSR count). The smallest absolute Gasteiger partial charge is 0.279 e. The van der Waals surface area contributed by atoms with Crippen LogP contribution in [0.1, 0.15) is 16.1 Å². The summed E-state index contributed by atoms with van der Waals surface area (Å²) in [4.78, 5) is 36.3. The molecule has 0 unspecified atom stereocenters. The Balaban J connectivity index is 1.65. The molecule has 0 spiro atoms. The summed E-state index contributed by atoms with van der Waals surface area (Å²) < 4.78 is 1.06. The van der Waals surface area contributed by atoms with Crippen LogP contribution >= 0.6 is 0 Å². The number of hydrogen-bond acceptors (Lipinski definition) is 6. The average molecular weight is 415 g/mol. The second-order valence-corrected chi connectivity index (χ2v) is 6.81. The van der Waals surface area contributed by atoms with Crippen LogP contribution in [0.4, 0.5) is 5.69 Å². The fourth-order valence-electron chi connectivity index (χ4n) is 3.01. The quantitative estimate of drug-likeness (QED) is 0.469. The minimum Gasteiger partial charge on any atom is -0.505 e. The number of amides is 1. The number of H-pyrrole nitrogens is 1. The maximum atomic E-state index is 12.8. The van der Waals surface area contributed by atoms with Gasteiger partial charge in [0, 0.05) is 23.4 Å². The van der Waals surface area contributed by atoms with Gasteiger partial charge in [-0.15, -0.1) is 0 Å². The number of carbonyl (C=O) groups is 1. The van der Waals surface area contributed by atoms with Crippen molar-refractivity contribution >= 4 is 11.6 Å². The molecule has 2 aromatic heterocycles. The highest BCUT2D eigenvalue weighted by Crippen LogP contribution is 2.21. The zero-order valence-electron chi connectivity index (χ0n) is 16.4. The Morgan fingerprint density at radius 3 is 2.58 bits per heavy atom. The fourth-order valence-corrected chi connectivity index (χ4v) is 3.01. The van der Waals surface area contributed by atoms with Gasteiger partial charge in [-0.2, -0.15) is 14.9 Å². The number of aromatic amines is 1. The van der Waals surface area contributed by atoms with Crippen LogP contribution in [0.3, 0.4) is 0 Å². The second-order valence-electron chi connectivity index (χ2n) is 6.81. The van der Waals surface area contributed by atoms with E-state index in [2.05, 4.69) is 20.6 Å². The first kappa shape index (κ1) is 19.8. The van der Waals surface area contributed by atoms with E-state index in [1.165, 1.54) is 6.07 Å². The van der Waals surface area contributed by atoms with Crippen molar-refractivity contribution in [3.63, 3.8) is 0 Å². The first-order chi connectivity index (χ1) is 14.9. The van der Waals surface area contributed by atoms with Gasteiger partial charge in [-0.1, -0.05) is 24.3 Å². The van der Waals surface area contributed by atoms with E-state index in [-0.39, 0.29) is 11.3 Å². The molecule has 2 aromatic carbocycles. The molecule has 0 aliphatic rings. The first-order valence-corrected chi connectivity index (χ1v) is 9.28. The van der Waals surface area contributed by atoms with Crippen molar-refractivity contribution in [2.24, 2.45) is 0 Å². The van der Waals surface area contributed by atoms with Crippen LogP contribution in [0.25, 0.3) is 16.9 Å². The summed E-state index contributed by atoms with van der Waals surface area (Å²) >= 11 is 0. The van der Waals surface area contributed by atoms with E-state index in [1.54, 1.807) is 48.5 Å². The van der Waals surface area contributed by atoms with E-state index in [9.17, 15) is 19.5 Å². The molecule has 0 bridgehead atoms. The van der Waals surface area contributed by atoms with Crippen LogP contribution in [0.5, 0.6) is 5.75 Å². The normalized spacial score (nSPS) is 10.6. The molecule has 0 aliphatic carbocycles. The van der Waals surface area contributed by atoms with E-state index in [0.717, 1.165) is 16.3 Å². The molecule has 0 aliphatic heterocycles. The number of hydrogen-bond donors (Lipinski definition) is 3. The minimum atomic E-state index is -0.689. The van der Waals surface area contributed by atoms with Crippen LogP contribution in [-0.4, -0.2) is 31.0 Å². The Bertz CT molecular complexity index is 1390. The van der Waals surface area contributed by atoms with Crippen molar-refractivity contribution in [3.8, 4) is 22.7 Å². The summed E-state index contributed by atoms with van der Waals surface area (Å²) in [6, 6.07) is 17.7. The van der Waals surface area contributed by atoms with Crippen LogP contribution in [0.15, 0.2) is 76.3 Å². The van der Waals surface area contributed by atoms with Crippen LogP contribution in [-0.2, 0) is 0 Å². The van der Waals surface area contributed by atoms with Gasteiger partial charge < -0.3 is 10.4 Å². The summed E-state index contributed by atoms with van der Waals surface area (Å²) in [5.41, 5.74) is 1.81. The lowest BCUT2D eigenvalue weighted by molar-refractivity contribution is 0.101. The first-order valence-electron chi connectivity index (χ1n) is 9.28. The van der Waals surface area contributed by atoms with E-state index < -0.39 is 17.2 Å². The van der Waals surface area contributed by atoms with Crippen molar-refractivity contribution < 1.29 is 9.90 Å². The number of aromatic nitrogens is 4. The number of aromatic hydroxyl groups is 1. The van der Waals surface area contributed by atoms with Crippen molar-refractivity contribution in [2.45, 2.75) is 6.92 Å². The highest BCUT2D eigenvalue weighted by molar-refractivity contribution is 6.04. The lowest BCUT2D eigenvalue weighted by atomic mass is 10.1. The maximum Gasteiger partial charge on any atom is 0.279 e. The monoisotopic (exact) mass is 415 g/mol. The zero-order chi connectivity index (χ0) is 22.0. The molecular formula is C22H17N5O4. The van der Waals surface area contributed by atoms with Crippen molar-refractivity contribution in [1.82, 2.24) is 20.0 Å².